The molecule has 1 aromatic heterocycles. The predicted molar refractivity (Wildman–Crippen MR) is 94.4 cm³/mol. The van der Waals surface area contributed by atoms with Gasteiger partial charge in [-0.25, -0.2) is 4.79 Å². The molecule has 8 heteroatoms. The first kappa shape index (κ1) is 15.8. The van der Waals surface area contributed by atoms with E-state index >= 15 is 0 Å². The summed E-state index contributed by atoms with van der Waals surface area (Å²) in [6.45, 7) is 5.29. The minimum absolute atomic E-state index is 0.168. The van der Waals surface area contributed by atoms with Crippen molar-refractivity contribution in [1.82, 2.24) is 25.2 Å². The maximum atomic E-state index is 12.8. The van der Waals surface area contributed by atoms with Crippen molar-refractivity contribution in [2.75, 3.05) is 31.5 Å². The second-order valence-electron chi connectivity index (χ2n) is 8.33. The van der Waals surface area contributed by atoms with E-state index in [0.29, 0.717) is 17.8 Å². The van der Waals surface area contributed by atoms with Crippen LogP contribution in [0.3, 0.4) is 0 Å². The van der Waals surface area contributed by atoms with Crippen LogP contribution in [0.2, 0.25) is 0 Å². The van der Waals surface area contributed by atoms with Gasteiger partial charge in [0.15, 0.2) is 11.5 Å². The molecule has 138 valence electrons. The first-order chi connectivity index (χ1) is 12.6. The van der Waals surface area contributed by atoms with Gasteiger partial charge in [-0.15, -0.1) is 10.2 Å². The summed E-state index contributed by atoms with van der Waals surface area (Å²) in [4.78, 5) is 29.0. The molecule has 2 N–H and O–H groups in total. The number of hydrogen-bond acceptors (Lipinski definition) is 4. The minimum Gasteiger partial charge on any atom is -0.337 e. The molecule has 0 spiro atoms. The molecule has 26 heavy (non-hydrogen) atoms. The molecule has 1 aromatic rings. The second-order valence-corrected chi connectivity index (χ2v) is 8.33. The quantitative estimate of drug-likeness (QED) is 0.789. The number of allylic oxidation sites excluding steroid dienone is 2. The van der Waals surface area contributed by atoms with E-state index in [1.54, 1.807) is 4.90 Å². The van der Waals surface area contributed by atoms with Crippen molar-refractivity contribution in [3.05, 3.63) is 17.8 Å². The van der Waals surface area contributed by atoms with E-state index in [4.69, 9.17) is 0 Å². The van der Waals surface area contributed by atoms with Crippen LogP contribution in [0.4, 0.5) is 10.6 Å². The van der Waals surface area contributed by atoms with Crippen molar-refractivity contribution in [3.8, 4) is 0 Å². The van der Waals surface area contributed by atoms with Gasteiger partial charge >= 0.3 is 6.03 Å². The first-order valence-corrected chi connectivity index (χ1v) is 9.50. The van der Waals surface area contributed by atoms with E-state index in [1.807, 2.05) is 4.90 Å². The molecule has 2 aliphatic carbocycles. The monoisotopic (exact) mass is 356 g/mol. The predicted octanol–water partition coefficient (Wildman–Crippen LogP) is 1.72. The largest absolute Gasteiger partial charge is 0.337 e. The van der Waals surface area contributed by atoms with E-state index in [1.165, 1.54) is 6.42 Å². The molecule has 3 fully saturated rings. The highest BCUT2D eigenvalue weighted by molar-refractivity contribution is 6.00. The number of nitrogens with zero attached hydrogens (tertiary/aromatic N) is 4. The molecule has 0 unspecified atom stereocenters. The third-order valence-corrected chi connectivity index (χ3v) is 6.93. The smallest absolute Gasteiger partial charge is 0.323 e. The number of hydrogen-bond donors (Lipinski definition) is 2. The topological polar surface area (TPSA) is 94.2 Å². The van der Waals surface area contributed by atoms with Crippen LogP contribution >= 0.6 is 0 Å². The van der Waals surface area contributed by atoms with Crippen LogP contribution in [0.5, 0.6) is 0 Å². The molecule has 3 amide bonds. The Bertz CT molecular complexity index is 782. The van der Waals surface area contributed by atoms with Gasteiger partial charge in [0.2, 0.25) is 0 Å². The number of carbonyl (C=O) groups is 2. The van der Waals surface area contributed by atoms with Crippen LogP contribution in [0.1, 0.15) is 36.7 Å². The normalized spacial score (nSPS) is 34.6. The molecule has 0 aromatic carbocycles. The zero-order valence-electron chi connectivity index (χ0n) is 14.9. The SMILES string of the molecule is C[C@]12CN(C(=O)Nc3n[nH]nc3C(=O)N3CCCC3)C[C@H]1[C@H]1C=C[C@@H]2C1. The number of rotatable bonds is 2. The standard InChI is InChI=1S/C18H24N6O2/c1-18-10-24(9-13(18)11-4-5-12(18)8-11)17(26)19-15-14(20-22-21-15)16(25)23-6-2-3-7-23/h4-5,11-13H,2-3,6-10H2,1H3,(H2,19,20,21,22,26)/t11-,12+,13-,18+/m0/s1. The summed E-state index contributed by atoms with van der Waals surface area (Å²) >= 11 is 0. The van der Waals surface area contributed by atoms with Crippen LogP contribution in [-0.4, -0.2) is 63.3 Å². The highest BCUT2D eigenvalue weighted by atomic mass is 16.2. The van der Waals surface area contributed by atoms with Gasteiger partial charge < -0.3 is 9.80 Å². The van der Waals surface area contributed by atoms with Crippen LogP contribution in [0.15, 0.2) is 12.2 Å². The van der Waals surface area contributed by atoms with Crippen molar-refractivity contribution in [2.24, 2.45) is 23.2 Å². The van der Waals surface area contributed by atoms with Crippen LogP contribution < -0.4 is 5.32 Å². The second kappa shape index (κ2) is 5.56. The molecule has 1 saturated carbocycles. The number of carbonyl (C=O) groups excluding carboxylic acids is 2. The summed E-state index contributed by atoms with van der Waals surface area (Å²) in [5.41, 5.74) is 0.377. The fourth-order valence-corrected chi connectivity index (χ4v) is 5.44. The Kier molecular flexibility index (Phi) is 3.39. The lowest BCUT2D eigenvalue weighted by Gasteiger charge is -2.31. The molecular formula is C18H24N6O2. The Morgan fingerprint density at radius 3 is 2.81 bits per heavy atom. The summed E-state index contributed by atoms with van der Waals surface area (Å²) in [7, 11) is 0. The summed E-state index contributed by atoms with van der Waals surface area (Å²) in [6.07, 6.45) is 7.90. The number of urea groups is 1. The van der Waals surface area contributed by atoms with E-state index < -0.39 is 0 Å². The van der Waals surface area contributed by atoms with E-state index in [0.717, 1.165) is 39.0 Å². The number of nitrogens with one attached hydrogen (secondary N) is 2. The lowest BCUT2D eigenvalue weighted by Crippen LogP contribution is -2.37. The maximum Gasteiger partial charge on any atom is 0.323 e. The molecular weight excluding hydrogens is 332 g/mol. The van der Waals surface area contributed by atoms with Crippen LogP contribution in [0, 0.1) is 23.2 Å². The van der Waals surface area contributed by atoms with Gasteiger partial charge in [0.05, 0.1) is 0 Å². The zero-order valence-corrected chi connectivity index (χ0v) is 14.9. The van der Waals surface area contributed by atoms with Crippen molar-refractivity contribution >= 4 is 17.8 Å². The molecule has 4 atom stereocenters. The van der Waals surface area contributed by atoms with Gasteiger partial charge in [0, 0.05) is 26.2 Å². The third-order valence-electron chi connectivity index (χ3n) is 6.93. The summed E-state index contributed by atoms with van der Waals surface area (Å²) < 4.78 is 0. The van der Waals surface area contributed by atoms with Crippen molar-refractivity contribution in [2.45, 2.75) is 26.2 Å². The first-order valence-electron chi connectivity index (χ1n) is 9.50. The highest BCUT2D eigenvalue weighted by Crippen LogP contribution is 2.59. The van der Waals surface area contributed by atoms with Crippen molar-refractivity contribution < 1.29 is 9.59 Å². The number of likely N-dealkylation sites (tertiary alicyclic amines) is 2. The lowest BCUT2D eigenvalue weighted by molar-refractivity contribution is 0.0788. The van der Waals surface area contributed by atoms with Gasteiger partial charge in [0.25, 0.3) is 5.91 Å². The highest BCUT2D eigenvalue weighted by Gasteiger charge is 2.58. The molecule has 2 aliphatic heterocycles. The molecule has 0 radical (unpaired) electrons. The average Bonchev–Trinajstić information content (AvgIpc) is 3.40. The Balaban J connectivity index is 1.29. The fraction of sp³-hybridized carbons (Fsp3) is 0.667. The zero-order chi connectivity index (χ0) is 17.9. The van der Waals surface area contributed by atoms with Gasteiger partial charge in [0.1, 0.15) is 0 Å². The van der Waals surface area contributed by atoms with Gasteiger partial charge in [-0.3, -0.25) is 10.1 Å². The fourth-order valence-electron chi connectivity index (χ4n) is 5.44. The lowest BCUT2D eigenvalue weighted by atomic mass is 9.72. The molecule has 5 rings (SSSR count). The number of fused-ring (bicyclic) bond motifs is 5. The summed E-state index contributed by atoms with van der Waals surface area (Å²) in [5, 5.41) is 13.3. The molecule has 4 aliphatic rings. The van der Waals surface area contributed by atoms with Crippen molar-refractivity contribution in [1.29, 1.82) is 0 Å². The maximum absolute atomic E-state index is 12.8. The van der Waals surface area contributed by atoms with Crippen molar-refractivity contribution in [3.63, 3.8) is 0 Å². The van der Waals surface area contributed by atoms with Gasteiger partial charge in [-0.1, -0.05) is 19.1 Å². The molecule has 2 saturated heterocycles. The number of anilines is 1. The molecule has 3 heterocycles. The number of aromatic nitrogens is 3. The Labute approximate surface area is 152 Å². The average molecular weight is 356 g/mol. The van der Waals surface area contributed by atoms with Crippen LogP contribution in [-0.2, 0) is 0 Å². The minimum atomic E-state index is -0.190. The van der Waals surface area contributed by atoms with Gasteiger partial charge in [-0.05, 0) is 42.4 Å². The van der Waals surface area contributed by atoms with E-state index in [9.17, 15) is 9.59 Å². The molecule has 8 nitrogen and oxygen atoms in total. The van der Waals surface area contributed by atoms with Crippen LogP contribution in [0.25, 0.3) is 0 Å². The number of amides is 3. The third kappa shape index (κ3) is 2.20. The van der Waals surface area contributed by atoms with Gasteiger partial charge in [-0.2, -0.15) is 5.21 Å². The summed E-state index contributed by atoms with van der Waals surface area (Å²) in [5.74, 6) is 1.78. The Morgan fingerprint density at radius 1 is 1.23 bits per heavy atom. The Morgan fingerprint density at radius 2 is 2.04 bits per heavy atom. The van der Waals surface area contributed by atoms with E-state index in [-0.39, 0.29) is 28.9 Å². The number of aromatic amines is 1. The Hall–Kier alpha value is -2.38. The number of H-pyrrole nitrogens is 1. The molecule has 2 bridgehead atoms. The van der Waals surface area contributed by atoms with E-state index in [2.05, 4.69) is 39.8 Å². The summed E-state index contributed by atoms with van der Waals surface area (Å²) in [6, 6.07) is -0.190.